The molecule has 4 N–H and O–H groups in total. The predicted molar refractivity (Wildman–Crippen MR) is 110 cm³/mol. The average molecular weight is 448 g/mol. The molecule has 1 heterocycles. The van der Waals surface area contributed by atoms with Crippen LogP contribution in [0.15, 0.2) is 68.4 Å². The number of hydrogen-bond donors (Lipinski definition) is 3. The van der Waals surface area contributed by atoms with Gasteiger partial charge < -0.3 is 5.73 Å². The quantitative estimate of drug-likeness (QED) is 0.174. The lowest BCUT2D eigenvalue weighted by Gasteiger charge is -2.00. The van der Waals surface area contributed by atoms with Crippen LogP contribution in [0.5, 0.6) is 0 Å². The molecule has 0 saturated heterocycles. The number of rotatable bonds is 5. The molecule has 0 amide bonds. The summed E-state index contributed by atoms with van der Waals surface area (Å²) >= 11 is 4.82. The molecule has 3 aromatic rings. The van der Waals surface area contributed by atoms with E-state index in [9.17, 15) is 23.3 Å². The van der Waals surface area contributed by atoms with Crippen molar-refractivity contribution in [2.24, 2.45) is 16.0 Å². The van der Waals surface area contributed by atoms with Gasteiger partial charge in [0.05, 0.1) is 21.2 Å². The lowest BCUT2D eigenvalue weighted by atomic mass is 10.1. The molecule has 0 bridgehead atoms. The molecule has 0 aliphatic heterocycles. The normalized spacial score (nSPS) is 11.6. The fraction of sp³-hybridized carbons (Fsp3) is 0. The molecule has 14 heteroatoms. The third-order valence-electron chi connectivity index (χ3n) is 3.85. The van der Waals surface area contributed by atoms with Gasteiger partial charge in [0.2, 0.25) is 0 Å². The summed E-state index contributed by atoms with van der Waals surface area (Å²) in [6, 6.07) is 10.1. The first-order chi connectivity index (χ1) is 14.1. The number of nitro groups is 1. The molecule has 3 rings (SSSR count). The van der Waals surface area contributed by atoms with Crippen molar-refractivity contribution < 1.29 is 17.9 Å². The maximum atomic E-state index is 12.6. The van der Waals surface area contributed by atoms with E-state index in [2.05, 4.69) is 15.3 Å². The van der Waals surface area contributed by atoms with Crippen LogP contribution in [-0.4, -0.2) is 32.8 Å². The van der Waals surface area contributed by atoms with Gasteiger partial charge in [-0.05, 0) is 48.6 Å². The van der Waals surface area contributed by atoms with Crippen LogP contribution in [0.1, 0.15) is 0 Å². The minimum Gasteiger partial charge on any atom is -0.374 e. The highest BCUT2D eigenvalue weighted by molar-refractivity contribution is 7.85. The van der Waals surface area contributed by atoms with E-state index in [0.717, 1.165) is 16.8 Å². The number of nitrogens with one attached hydrogen (secondary N) is 1. The topological polar surface area (TPSA) is 186 Å². The van der Waals surface area contributed by atoms with Crippen LogP contribution in [0.2, 0.25) is 0 Å². The Bertz CT molecular complexity index is 1320. The number of non-ortho nitro benzene ring substituents is 1. The van der Waals surface area contributed by atoms with Crippen LogP contribution >= 0.6 is 12.2 Å². The van der Waals surface area contributed by atoms with Gasteiger partial charge >= 0.3 is 5.56 Å². The number of H-pyrrole nitrogens is 1. The maximum Gasteiger partial charge on any atom is 0.301 e. The molecule has 0 aliphatic rings. The second-order valence-corrected chi connectivity index (χ2v) is 7.63. The summed E-state index contributed by atoms with van der Waals surface area (Å²) in [6.45, 7) is 0. The first-order valence-electron chi connectivity index (χ1n) is 7.97. The third-order valence-corrected chi connectivity index (χ3v) is 4.90. The van der Waals surface area contributed by atoms with E-state index in [1.807, 2.05) is 0 Å². The van der Waals surface area contributed by atoms with Crippen molar-refractivity contribution in [1.82, 2.24) is 9.78 Å². The Hall–Kier alpha value is -3.75. The van der Waals surface area contributed by atoms with Gasteiger partial charge in [-0.15, -0.1) is 5.11 Å². The fourth-order valence-corrected chi connectivity index (χ4v) is 3.03. The van der Waals surface area contributed by atoms with Gasteiger partial charge in [-0.25, -0.2) is 0 Å². The number of nitrogens with zero attached hydrogens (tertiary/aromatic N) is 4. The standard InChI is InChI=1S/C16H12N6O6S2/c17-16(29)21-15(23)14(13(20-21)9-1-5-11(6-2-9)22(24)25)19-18-10-3-7-12(8-4-10)30(26,27)28/h1-8,20H,(H2,17,29)(H,26,27,28). The highest BCUT2D eigenvalue weighted by atomic mass is 32.2. The highest BCUT2D eigenvalue weighted by Gasteiger charge is 2.18. The smallest absolute Gasteiger partial charge is 0.301 e. The van der Waals surface area contributed by atoms with Crippen molar-refractivity contribution in [2.75, 3.05) is 0 Å². The molecule has 0 radical (unpaired) electrons. The summed E-state index contributed by atoms with van der Waals surface area (Å²) in [7, 11) is -4.36. The summed E-state index contributed by atoms with van der Waals surface area (Å²) in [6.07, 6.45) is 0. The Balaban J connectivity index is 2.05. The third kappa shape index (κ3) is 4.29. The summed E-state index contributed by atoms with van der Waals surface area (Å²) in [5.74, 6) is 0. The molecule has 30 heavy (non-hydrogen) atoms. The number of aromatic amines is 1. The molecule has 12 nitrogen and oxygen atoms in total. The van der Waals surface area contributed by atoms with E-state index >= 15 is 0 Å². The van der Waals surface area contributed by atoms with E-state index in [-0.39, 0.29) is 32.8 Å². The summed E-state index contributed by atoms with van der Waals surface area (Å²) in [5.41, 5.74) is 5.27. The van der Waals surface area contributed by atoms with E-state index in [1.165, 1.54) is 36.4 Å². The molecule has 0 aliphatic carbocycles. The van der Waals surface area contributed by atoms with Crippen molar-refractivity contribution in [3.63, 3.8) is 0 Å². The van der Waals surface area contributed by atoms with Crippen LogP contribution < -0.4 is 11.3 Å². The predicted octanol–water partition coefficient (Wildman–Crippen LogP) is 2.51. The fourth-order valence-electron chi connectivity index (χ4n) is 2.42. The number of aromatic nitrogens is 2. The molecular formula is C16H12N6O6S2. The first-order valence-corrected chi connectivity index (χ1v) is 9.81. The second kappa shape index (κ2) is 7.94. The van der Waals surface area contributed by atoms with Crippen LogP contribution in [-0.2, 0) is 10.1 Å². The number of azo groups is 1. The van der Waals surface area contributed by atoms with Gasteiger partial charge in [0.15, 0.2) is 10.8 Å². The van der Waals surface area contributed by atoms with Crippen LogP contribution in [0, 0.1) is 10.1 Å². The summed E-state index contributed by atoms with van der Waals surface area (Å²) in [5, 5.41) is 21.0. The molecule has 0 spiro atoms. The molecule has 0 atom stereocenters. The van der Waals surface area contributed by atoms with E-state index in [0.29, 0.717) is 5.56 Å². The van der Waals surface area contributed by atoms with Crippen LogP contribution in [0.3, 0.4) is 0 Å². The Morgan fingerprint density at radius 3 is 2.23 bits per heavy atom. The van der Waals surface area contributed by atoms with Gasteiger partial charge in [0.25, 0.3) is 15.8 Å². The van der Waals surface area contributed by atoms with E-state index < -0.39 is 20.6 Å². The highest BCUT2D eigenvalue weighted by Crippen LogP contribution is 2.29. The minimum absolute atomic E-state index is 0.142. The zero-order valence-corrected chi connectivity index (χ0v) is 16.4. The number of hydrogen-bond acceptors (Lipinski definition) is 8. The van der Waals surface area contributed by atoms with Gasteiger partial charge in [-0.1, -0.05) is 0 Å². The molecule has 1 aromatic heterocycles. The second-order valence-electron chi connectivity index (χ2n) is 5.79. The van der Waals surface area contributed by atoms with Crippen molar-refractivity contribution in [3.8, 4) is 11.3 Å². The molecule has 0 fully saturated rings. The van der Waals surface area contributed by atoms with Gasteiger partial charge in [-0.2, -0.15) is 18.2 Å². The molecule has 2 aromatic carbocycles. The van der Waals surface area contributed by atoms with Crippen molar-refractivity contribution in [2.45, 2.75) is 4.90 Å². The Labute approximate surface area is 173 Å². The summed E-state index contributed by atoms with van der Waals surface area (Å²) in [4.78, 5) is 22.5. The van der Waals surface area contributed by atoms with E-state index in [4.69, 9.17) is 22.5 Å². The Kier molecular flexibility index (Phi) is 5.55. The maximum absolute atomic E-state index is 12.6. The first kappa shape index (κ1) is 21.0. The SMILES string of the molecule is NC(=S)n1[nH]c(-c2ccc([N+](=O)[O-])cc2)c(N=Nc2ccc(S(=O)(=O)O)cc2)c1=O. The number of nitrogens with two attached hydrogens (primary N) is 1. The molecule has 0 saturated carbocycles. The van der Waals surface area contributed by atoms with Gasteiger partial charge in [0.1, 0.15) is 0 Å². The van der Waals surface area contributed by atoms with E-state index in [1.54, 1.807) is 0 Å². The largest absolute Gasteiger partial charge is 0.374 e. The Morgan fingerprint density at radius 2 is 1.73 bits per heavy atom. The zero-order chi connectivity index (χ0) is 22.1. The number of thiocarbonyl (C=S) groups is 1. The molecule has 154 valence electrons. The number of benzene rings is 2. The van der Waals surface area contributed by atoms with Gasteiger partial charge in [-0.3, -0.25) is 24.6 Å². The summed E-state index contributed by atoms with van der Waals surface area (Å²) < 4.78 is 32.0. The van der Waals surface area contributed by atoms with Crippen molar-refractivity contribution in [3.05, 3.63) is 69.0 Å². The minimum atomic E-state index is -4.36. The lowest BCUT2D eigenvalue weighted by molar-refractivity contribution is -0.384. The van der Waals surface area contributed by atoms with Crippen LogP contribution in [0.25, 0.3) is 11.3 Å². The number of nitro benzene ring substituents is 1. The van der Waals surface area contributed by atoms with Crippen LogP contribution in [0.4, 0.5) is 17.1 Å². The molecule has 0 unspecified atom stereocenters. The van der Waals surface area contributed by atoms with Crippen molar-refractivity contribution >= 4 is 44.5 Å². The van der Waals surface area contributed by atoms with Gasteiger partial charge in [0, 0.05) is 17.7 Å². The Morgan fingerprint density at radius 1 is 1.13 bits per heavy atom. The monoisotopic (exact) mass is 448 g/mol. The zero-order valence-electron chi connectivity index (χ0n) is 14.8. The lowest BCUT2D eigenvalue weighted by Crippen LogP contribution is -2.29. The average Bonchev–Trinajstić information content (AvgIpc) is 3.02. The molecular weight excluding hydrogens is 436 g/mol. The van der Waals surface area contributed by atoms with Crippen molar-refractivity contribution in [1.29, 1.82) is 0 Å².